The van der Waals surface area contributed by atoms with Crippen molar-refractivity contribution in [3.05, 3.63) is 17.5 Å². The molecule has 11 heavy (non-hydrogen) atoms. The molecule has 0 atom stereocenters. The lowest BCUT2D eigenvalue weighted by atomic mass is 10.2. The van der Waals surface area contributed by atoms with Gasteiger partial charge >= 0.3 is 6.18 Å². The number of alkyl halides is 3. The zero-order valence-corrected chi connectivity index (χ0v) is 5.24. The van der Waals surface area contributed by atoms with Crippen LogP contribution in [0.4, 0.5) is 13.2 Å². The van der Waals surface area contributed by atoms with Crippen LogP contribution < -0.4 is 0 Å². The minimum atomic E-state index is -4.45. The van der Waals surface area contributed by atoms with Crippen molar-refractivity contribution in [3.8, 4) is 12.3 Å². The quantitative estimate of drug-likeness (QED) is 0.571. The van der Waals surface area contributed by atoms with Crippen LogP contribution in [0, 0.1) is 12.3 Å². The van der Waals surface area contributed by atoms with Gasteiger partial charge in [0.2, 0.25) is 0 Å². The zero-order valence-electron chi connectivity index (χ0n) is 5.24. The third-order valence-electron chi connectivity index (χ3n) is 1.08. The molecule has 0 radical (unpaired) electrons. The van der Waals surface area contributed by atoms with E-state index in [4.69, 9.17) is 6.42 Å². The summed E-state index contributed by atoms with van der Waals surface area (Å²) in [5, 5.41) is 4.95. The van der Waals surface area contributed by atoms with Crippen LogP contribution in [0.3, 0.4) is 0 Å². The van der Waals surface area contributed by atoms with Gasteiger partial charge in [-0.25, -0.2) is 0 Å². The molecule has 0 amide bonds. The molecule has 0 aliphatic carbocycles. The summed E-state index contributed by atoms with van der Waals surface area (Å²) in [5.41, 5.74) is -1.24. The molecule has 5 heteroatoms. The van der Waals surface area contributed by atoms with E-state index < -0.39 is 11.9 Å². The number of hydrogen-bond donors (Lipinski definition) is 1. The highest BCUT2D eigenvalue weighted by molar-refractivity contribution is 5.35. The van der Waals surface area contributed by atoms with Gasteiger partial charge in [-0.05, 0) is 0 Å². The van der Waals surface area contributed by atoms with E-state index in [1.165, 1.54) is 0 Å². The van der Waals surface area contributed by atoms with Gasteiger partial charge in [-0.2, -0.15) is 18.3 Å². The Balaban J connectivity index is 3.15. The Hall–Kier alpha value is -1.44. The van der Waals surface area contributed by atoms with Crippen LogP contribution in [0.25, 0.3) is 0 Å². The molecule has 2 nitrogen and oxygen atoms in total. The van der Waals surface area contributed by atoms with Gasteiger partial charge in [0.15, 0.2) is 5.69 Å². The summed E-state index contributed by atoms with van der Waals surface area (Å²) in [4.78, 5) is 0. The third kappa shape index (κ3) is 1.34. The molecular weight excluding hydrogens is 157 g/mol. The third-order valence-corrected chi connectivity index (χ3v) is 1.08. The Labute approximate surface area is 60.4 Å². The molecule has 1 N–H and O–H groups in total. The highest BCUT2D eigenvalue weighted by Crippen LogP contribution is 2.29. The molecule has 0 bridgehead atoms. The molecular formula is C6H3F3N2. The van der Waals surface area contributed by atoms with Crippen molar-refractivity contribution in [3.63, 3.8) is 0 Å². The Bertz CT molecular complexity index is 292. The molecule has 1 aromatic heterocycles. The standard InChI is InChI=1S/C6H3F3N2/c1-2-4-3-10-11-5(4)6(7,8)9/h1,3H,(H,10,11). The second-order valence-corrected chi connectivity index (χ2v) is 1.80. The molecule has 1 heterocycles. The first-order valence-corrected chi connectivity index (χ1v) is 2.63. The number of hydrogen-bond acceptors (Lipinski definition) is 1. The topological polar surface area (TPSA) is 28.7 Å². The minimum Gasteiger partial charge on any atom is -0.273 e. The fourth-order valence-corrected chi connectivity index (χ4v) is 0.612. The molecule has 0 saturated carbocycles. The van der Waals surface area contributed by atoms with Crippen molar-refractivity contribution in [2.45, 2.75) is 6.18 Å². The number of nitrogens with one attached hydrogen (secondary N) is 1. The largest absolute Gasteiger partial charge is 0.434 e. The van der Waals surface area contributed by atoms with Crippen molar-refractivity contribution in [1.82, 2.24) is 10.2 Å². The van der Waals surface area contributed by atoms with E-state index >= 15 is 0 Å². The lowest BCUT2D eigenvalue weighted by Crippen LogP contribution is -2.07. The van der Waals surface area contributed by atoms with Crippen LogP contribution in [-0.2, 0) is 6.18 Å². The predicted octanol–water partition coefficient (Wildman–Crippen LogP) is 1.41. The van der Waals surface area contributed by atoms with Crippen molar-refractivity contribution < 1.29 is 13.2 Å². The summed E-state index contributed by atoms with van der Waals surface area (Å²) in [5.74, 6) is 1.87. The average Bonchev–Trinajstić information content (AvgIpc) is 2.31. The molecule has 0 unspecified atom stereocenters. The number of aromatic nitrogens is 2. The van der Waals surface area contributed by atoms with Crippen LogP contribution >= 0.6 is 0 Å². The van der Waals surface area contributed by atoms with E-state index in [9.17, 15) is 13.2 Å². The average molecular weight is 160 g/mol. The Morgan fingerprint density at radius 2 is 2.18 bits per heavy atom. The van der Waals surface area contributed by atoms with Crippen LogP contribution in [0.5, 0.6) is 0 Å². The molecule has 0 aliphatic heterocycles. The number of H-pyrrole nitrogens is 1. The van der Waals surface area contributed by atoms with Crippen molar-refractivity contribution in [1.29, 1.82) is 0 Å². The molecule has 1 rings (SSSR count). The summed E-state index contributed by atoms with van der Waals surface area (Å²) in [6, 6.07) is 0. The molecule has 0 aliphatic rings. The lowest BCUT2D eigenvalue weighted by Gasteiger charge is -2.01. The number of aromatic amines is 1. The smallest absolute Gasteiger partial charge is 0.273 e. The van der Waals surface area contributed by atoms with Crippen molar-refractivity contribution in [2.75, 3.05) is 0 Å². The van der Waals surface area contributed by atoms with Gasteiger partial charge in [-0.15, -0.1) is 6.42 Å². The van der Waals surface area contributed by atoms with E-state index in [0.717, 1.165) is 6.20 Å². The van der Waals surface area contributed by atoms with E-state index in [2.05, 4.69) is 5.10 Å². The van der Waals surface area contributed by atoms with Crippen LogP contribution in [0.1, 0.15) is 11.3 Å². The molecule has 0 fully saturated rings. The van der Waals surface area contributed by atoms with Gasteiger partial charge in [0.05, 0.1) is 11.8 Å². The molecule has 58 valence electrons. The first-order chi connectivity index (χ1) is 5.05. The first-order valence-electron chi connectivity index (χ1n) is 2.63. The normalized spacial score (nSPS) is 11.1. The number of halogens is 3. The summed E-state index contributed by atoms with van der Waals surface area (Å²) >= 11 is 0. The highest BCUT2D eigenvalue weighted by Gasteiger charge is 2.35. The molecule has 0 spiro atoms. The number of rotatable bonds is 0. The monoisotopic (exact) mass is 160 g/mol. The Morgan fingerprint density at radius 1 is 1.55 bits per heavy atom. The van der Waals surface area contributed by atoms with Crippen LogP contribution in [0.15, 0.2) is 6.20 Å². The van der Waals surface area contributed by atoms with Crippen molar-refractivity contribution >= 4 is 0 Å². The van der Waals surface area contributed by atoms with Gasteiger partial charge in [-0.1, -0.05) is 5.92 Å². The second-order valence-electron chi connectivity index (χ2n) is 1.80. The van der Waals surface area contributed by atoms with Gasteiger partial charge in [0, 0.05) is 0 Å². The van der Waals surface area contributed by atoms with E-state index in [0.29, 0.717) is 0 Å². The number of nitrogens with zero attached hydrogens (tertiary/aromatic N) is 1. The van der Waals surface area contributed by atoms with Gasteiger partial charge in [0.1, 0.15) is 0 Å². The van der Waals surface area contributed by atoms with E-state index in [1.54, 1.807) is 5.10 Å². The fourth-order valence-electron chi connectivity index (χ4n) is 0.612. The predicted molar refractivity (Wildman–Crippen MR) is 31.5 cm³/mol. The zero-order chi connectivity index (χ0) is 8.48. The molecule has 1 aromatic rings. The van der Waals surface area contributed by atoms with Gasteiger partial charge in [-0.3, -0.25) is 5.10 Å². The summed E-state index contributed by atoms with van der Waals surface area (Å²) in [6.07, 6.45) is 1.30. The lowest BCUT2D eigenvalue weighted by molar-refractivity contribution is -0.141. The van der Waals surface area contributed by atoms with E-state index in [-0.39, 0.29) is 5.56 Å². The fraction of sp³-hybridized carbons (Fsp3) is 0.167. The summed E-state index contributed by atoms with van der Waals surface area (Å²) in [6.45, 7) is 0. The minimum absolute atomic E-state index is 0.266. The molecule has 0 aromatic carbocycles. The Kier molecular flexibility index (Phi) is 1.61. The van der Waals surface area contributed by atoms with E-state index in [1.807, 2.05) is 5.92 Å². The Morgan fingerprint density at radius 3 is 2.55 bits per heavy atom. The van der Waals surface area contributed by atoms with Crippen LogP contribution in [-0.4, -0.2) is 10.2 Å². The molecule has 0 saturated heterocycles. The summed E-state index contributed by atoms with van der Waals surface area (Å²) < 4.78 is 35.7. The SMILES string of the molecule is C#Cc1cn[nH]c1C(F)(F)F. The second kappa shape index (κ2) is 2.31. The first kappa shape index (κ1) is 7.66. The van der Waals surface area contributed by atoms with Gasteiger partial charge < -0.3 is 0 Å². The van der Waals surface area contributed by atoms with Gasteiger partial charge in [0.25, 0.3) is 0 Å². The van der Waals surface area contributed by atoms with Crippen molar-refractivity contribution in [2.24, 2.45) is 0 Å². The maximum absolute atomic E-state index is 11.9. The summed E-state index contributed by atoms with van der Waals surface area (Å²) in [7, 11) is 0. The number of terminal acetylenes is 1. The van der Waals surface area contributed by atoms with Crippen LogP contribution in [0.2, 0.25) is 0 Å². The maximum atomic E-state index is 11.9. The highest BCUT2D eigenvalue weighted by atomic mass is 19.4. The maximum Gasteiger partial charge on any atom is 0.434 e.